The van der Waals surface area contributed by atoms with Crippen LogP contribution in [0, 0.1) is 6.92 Å². The van der Waals surface area contributed by atoms with Gasteiger partial charge in [0.15, 0.2) is 0 Å². The number of allylic oxidation sites excluding steroid dienone is 2. The number of morpholine rings is 1. The molecule has 3 rings (SSSR count). The fourth-order valence-corrected chi connectivity index (χ4v) is 5.17. The number of nitrogens with zero attached hydrogens (tertiary/aromatic N) is 1. The number of hydrogen-bond acceptors (Lipinski definition) is 8. The van der Waals surface area contributed by atoms with Crippen molar-refractivity contribution in [1.29, 1.82) is 0 Å². The van der Waals surface area contributed by atoms with Gasteiger partial charge in [-0.2, -0.15) is 0 Å². The van der Waals surface area contributed by atoms with Gasteiger partial charge in [-0.15, -0.1) is 0 Å². The average Bonchev–Trinajstić information content (AvgIpc) is 3.22. The summed E-state index contributed by atoms with van der Waals surface area (Å²) >= 11 is 0. The van der Waals surface area contributed by atoms with Gasteiger partial charge in [0.25, 0.3) is 8.32 Å². The van der Waals surface area contributed by atoms with E-state index in [1.165, 1.54) is 0 Å². The molecule has 0 aliphatic carbocycles. The van der Waals surface area contributed by atoms with Gasteiger partial charge in [0.05, 0.1) is 13.2 Å². The molecule has 0 atom stereocenters. The number of phenols is 1. The van der Waals surface area contributed by atoms with Gasteiger partial charge in [0.1, 0.15) is 30.3 Å². The Kier molecular flexibility index (Phi) is 9.47. The lowest BCUT2D eigenvalue weighted by Crippen LogP contribution is -2.44. The van der Waals surface area contributed by atoms with Crippen molar-refractivity contribution in [2.75, 3.05) is 39.5 Å². The molecule has 0 radical (unpaired) electrons. The Hall–Kier alpha value is -2.36. The molecule has 2 aliphatic heterocycles. The van der Waals surface area contributed by atoms with Gasteiger partial charge < -0.3 is 23.7 Å². The second-order valence-corrected chi connectivity index (χ2v) is 16.2. The van der Waals surface area contributed by atoms with Crippen LogP contribution in [0.2, 0.25) is 18.1 Å². The first kappa shape index (κ1) is 29.2. The van der Waals surface area contributed by atoms with Crippen molar-refractivity contribution in [2.24, 2.45) is 0 Å². The van der Waals surface area contributed by atoms with E-state index in [1.807, 2.05) is 13.0 Å². The summed E-state index contributed by atoms with van der Waals surface area (Å²) in [4.78, 5) is 27.2. The fraction of sp³-hybridized carbons (Fsp3) is 0.643. The summed E-state index contributed by atoms with van der Waals surface area (Å²) in [6.45, 7) is 18.8. The van der Waals surface area contributed by atoms with E-state index in [0.717, 1.165) is 38.4 Å². The summed E-state index contributed by atoms with van der Waals surface area (Å²) in [7, 11) is -2.31. The zero-order chi connectivity index (χ0) is 27.4. The molecule has 206 valence electrons. The van der Waals surface area contributed by atoms with Crippen LogP contribution in [0.5, 0.6) is 11.5 Å². The second-order valence-electron chi connectivity index (χ2n) is 11.5. The molecule has 1 N–H and O–H groups in total. The van der Waals surface area contributed by atoms with Gasteiger partial charge in [-0.3, -0.25) is 9.69 Å². The van der Waals surface area contributed by atoms with Crippen LogP contribution in [-0.2, 0) is 32.0 Å². The molecule has 1 fully saturated rings. The number of esters is 2. The Morgan fingerprint density at radius 2 is 1.86 bits per heavy atom. The van der Waals surface area contributed by atoms with Crippen molar-refractivity contribution in [3.63, 3.8) is 0 Å². The van der Waals surface area contributed by atoms with Crippen LogP contribution in [0.4, 0.5) is 0 Å². The third-order valence-corrected chi connectivity index (χ3v) is 12.1. The monoisotopic (exact) mass is 533 g/mol. The van der Waals surface area contributed by atoms with E-state index in [4.69, 9.17) is 18.6 Å². The lowest BCUT2D eigenvalue weighted by atomic mass is 9.95. The van der Waals surface area contributed by atoms with Crippen LogP contribution in [-0.4, -0.2) is 69.7 Å². The SMILES string of the molecule is C/C(=C\Cc1c(O)c(C)c2c(c1O[Si](C)(C)C(C)(C)C)C(=O)OC2)CCC(=O)OCCN1CCOCC1. The standard InChI is InChI=1S/C28H43NO7Si/c1-19(9-11-23(30)34-17-14-29-12-15-33-16-13-29)8-10-21-25(31)20(2)22-18-35-27(32)24(22)26(21)36-37(6,7)28(3,4)5/h8,31H,9-18H2,1-7H3/b19-8+. The van der Waals surface area contributed by atoms with E-state index in [2.05, 4.69) is 38.8 Å². The number of carbonyl (C=O) groups is 2. The molecular formula is C28H43NO7Si. The summed E-state index contributed by atoms with van der Waals surface area (Å²) in [5, 5.41) is 11.0. The summed E-state index contributed by atoms with van der Waals surface area (Å²) in [5.74, 6) is -0.0494. The number of phenolic OH excluding ortho intramolecular Hbond substituents is 1. The molecule has 2 aliphatic rings. The predicted octanol–water partition coefficient (Wildman–Crippen LogP) is 4.90. The van der Waals surface area contributed by atoms with Crippen molar-refractivity contribution in [3.8, 4) is 11.5 Å². The van der Waals surface area contributed by atoms with E-state index < -0.39 is 14.3 Å². The number of carbonyl (C=O) groups excluding carboxylic acids is 2. The third-order valence-electron chi connectivity index (χ3n) is 7.76. The number of benzene rings is 1. The largest absolute Gasteiger partial charge is 0.543 e. The van der Waals surface area contributed by atoms with Gasteiger partial charge in [0, 0.05) is 37.2 Å². The second kappa shape index (κ2) is 12.0. The molecule has 9 heteroatoms. The average molecular weight is 534 g/mol. The van der Waals surface area contributed by atoms with Crippen molar-refractivity contribution in [1.82, 2.24) is 4.90 Å². The van der Waals surface area contributed by atoms with Gasteiger partial charge in [-0.1, -0.05) is 32.4 Å². The van der Waals surface area contributed by atoms with Gasteiger partial charge in [-0.25, -0.2) is 4.79 Å². The van der Waals surface area contributed by atoms with Crippen LogP contribution in [0.15, 0.2) is 11.6 Å². The minimum Gasteiger partial charge on any atom is -0.543 e. The third kappa shape index (κ3) is 7.15. The Bertz CT molecular complexity index is 1040. The summed E-state index contributed by atoms with van der Waals surface area (Å²) in [6.07, 6.45) is 3.22. The summed E-state index contributed by atoms with van der Waals surface area (Å²) < 4.78 is 22.7. The topological polar surface area (TPSA) is 94.5 Å². The van der Waals surface area contributed by atoms with Gasteiger partial charge in [-0.05, 0) is 50.4 Å². The van der Waals surface area contributed by atoms with Crippen LogP contribution in [0.3, 0.4) is 0 Å². The lowest BCUT2D eigenvalue weighted by Gasteiger charge is -2.37. The van der Waals surface area contributed by atoms with Crippen molar-refractivity contribution >= 4 is 20.3 Å². The van der Waals surface area contributed by atoms with Crippen LogP contribution in [0.1, 0.15) is 67.6 Å². The first-order valence-corrected chi connectivity index (χ1v) is 16.1. The number of cyclic esters (lactones) is 1. The summed E-state index contributed by atoms with van der Waals surface area (Å²) in [6, 6.07) is 0. The minimum atomic E-state index is -2.31. The van der Waals surface area contributed by atoms with Crippen LogP contribution in [0.25, 0.3) is 0 Å². The molecule has 37 heavy (non-hydrogen) atoms. The van der Waals surface area contributed by atoms with E-state index in [-0.39, 0.29) is 23.4 Å². The van der Waals surface area contributed by atoms with Crippen molar-refractivity contribution in [2.45, 2.75) is 78.6 Å². The number of rotatable bonds is 10. The Labute approximate surface area is 222 Å². The van der Waals surface area contributed by atoms with E-state index in [9.17, 15) is 14.7 Å². The van der Waals surface area contributed by atoms with Gasteiger partial charge in [0.2, 0.25) is 0 Å². The number of hydrogen-bond donors (Lipinski definition) is 1. The maximum Gasteiger partial charge on any atom is 0.342 e. The Balaban J connectivity index is 1.70. The molecule has 1 saturated heterocycles. The molecule has 2 heterocycles. The molecule has 1 aromatic rings. The summed E-state index contributed by atoms with van der Waals surface area (Å²) in [5.41, 5.74) is 3.37. The van der Waals surface area contributed by atoms with Crippen molar-refractivity contribution < 1.29 is 33.3 Å². The van der Waals surface area contributed by atoms with Crippen molar-refractivity contribution in [3.05, 3.63) is 33.9 Å². The highest BCUT2D eigenvalue weighted by Gasteiger charge is 2.42. The molecule has 0 bridgehead atoms. The highest BCUT2D eigenvalue weighted by atomic mass is 28.4. The molecule has 0 aromatic heterocycles. The molecule has 1 aromatic carbocycles. The molecule has 8 nitrogen and oxygen atoms in total. The molecule has 0 amide bonds. The first-order chi connectivity index (χ1) is 17.3. The minimum absolute atomic E-state index is 0.0892. The van der Waals surface area contributed by atoms with E-state index >= 15 is 0 Å². The molecule has 0 saturated carbocycles. The molecular weight excluding hydrogens is 490 g/mol. The van der Waals surface area contributed by atoms with Gasteiger partial charge >= 0.3 is 11.9 Å². The molecule has 0 unspecified atom stereocenters. The zero-order valence-electron chi connectivity index (χ0n) is 23.5. The first-order valence-electron chi connectivity index (χ1n) is 13.2. The van der Waals surface area contributed by atoms with E-state index in [1.54, 1.807) is 6.92 Å². The maximum absolute atomic E-state index is 12.7. The normalized spacial score (nSPS) is 16.9. The molecule has 0 spiro atoms. The number of ether oxygens (including phenoxy) is 3. The highest BCUT2D eigenvalue weighted by molar-refractivity contribution is 6.74. The lowest BCUT2D eigenvalue weighted by molar-refractivity contribution is -0.144. The fourth-order valence-electron chi connectivity index (χ4n) is 4.13. The number of fused-ring (bicyclic) bond motifs is 1. The Morgan fingerprint density at radius 3 is 2.51 bits per heavy atom. The van der Waals surface area contributed by atoms with Crippen LogP contribution >= 0.6 is 0 Å². The zero-order valence-corrected chi connectivity index (χ0v) is 24.5. The quantitative estimate of drug-likeness (QED) is 0.258. The highest BCUT2D eigenvalue weighted by Crippen LogP contribution is 2.46. The Morgan fingerprint density at radius 1 is 1.19 bits per heavy atom. The maximum atomic E-state index is 12.7. The predicted molar refractivity (Wildman–Crippen MR) is 145 cm³/mol. The number of aromatic hydroxyl groups is 1. The smallest absolute Gasteiger partial charge is 0.342 e. The van der Waals surface area contributed by atoms with E-state index in [0.29, 0.717) is 53.9 Å². The van der Waals surface area contributed by atoms with Crippen LogP contribution < -0.4 is 4.43 Å².